The molecule has 2 nitrogen and oxygen atoms in total. The van der Waals surface area contributed by atoms with Gasteiger partial charge in [-0.15, -0.1) is 0 Å². The van der Waals surface area contributed by atoms with Gasteiger partial charge in [-0.05, 0) is 58.5 Å². The summed E-state index contributed by atoms with van der Waals surface area (Å²) in [6.07, 6.45) is 5.38. The van der Waals surface area contributed by atoms with Crippen molar-refractivity contribution in [2.45, 2.75) is 12.8 Å². The van der Waals surface area contributed by atoms with Gasteiger partial charge in [0.1, 0.15) is 0 Å². The van der Waals surface area contributed by atoms with E-state index in [-0.39, 0.29) is 5.78 Å². The van der Waals surface area contributed by atoms with E-state index in [9.17, 15) is 4.79 Å². The molecule has 0 heterocycles. The molecule has 0 aromatic heterocycles. The number of rotatable bonds is 3. The van der Waals surface area contributed by atoms with Crippen LogP contribution in [0.25, 0.3) is 16.8 Å². The highest BCUT2D eigenvalue weighted by Crippen LogP contribution is 2.33. The van der Waals surface area contributed by atoms with Gasteiger partial charge in [-0.3, -0.25) is 4.79 Å². The van der Waals surface area contributed by atoms with Crippen molar-refractivity contribution in [1.29, 1.82) is 5.26 Å². The highest BCUT2D eigenvalue weighted by Gasteiger charge is 2.19. The zero-order valence-corrected chi connectivity index (χ0v) is 13.1. The highest BCUT2D eigenvalue weighted by atomic mass is 16.1. The van der Waals surface area contributed by atoms with Gasteiger partial charge in [0, 0.05) is 5.56 Å². The van der Waals surface area contributed by atoms with Crippen LogP contribution < -0.4 is 0 Å². The van der Waals surface area contributed by atoms with Crippen molar-refractivity contribution in [2.75, 3.05) is 0 Å². The number of hydrogen-bond donors (Lipinski definition) is 0. The maximum atomic E-state index is 12.6. The quantitative estimate of drug-likeness (QED) is 0.519. The van der Waals surface area contributed by atoms with Crippen LogP contribution >= 0.6 is 0 Å². The first-order chi connectivity index (χ1) is 11.8. The van der Waals surface area contributed by atoms with E-state index in [4.69, 9.17) is 5.26 Å². The summed E-state index contributed by atoms with van der Waals surface area (Å²) in [7, 11) is 0. The van der Waals surface area contributed by atoms with Crippen molar-refractivity contribution < 1.29 is 4.79 Å². The van der Waals surface area contributed by atoms with Crippen molar-refractivity contribution in [1.82, 2.24) is 0 Å². The van der Waals surface area contributed by atoms with Crippen LogP contribution in [0.3, 0.4) is 0 Å². The van der Waals surface area contributed by atoms with Gasteiger partial charge in [-0.25, -0.2) is 0 Å². The van der Waals surface area contributed by atoms with Crippen molar-refractivity contribution in [3.05, 3.63) is 88.5 Å². The number of carbonyl (C=O) groups is 1. The zero-order valence-electron chi connectivity index (χ0n) is 13.1. The predicted octanol–water partition coefficient (Wildman–Crippen LogP) is 4.71. The number of ketones is 1. The molecule has 0 spiro atoms. The fourth-order valence-corrected chi connectivity index (χ4v) is 3.42. The number of aryl methyl sites for hydroxylation is 2. The Balaban J connectivity index is 1.67. The van der Waals surface area contributed by atoms with Gasteiger partial charge in [0.05, 0.1) is 11.6 Å². The monoisotopic (exact) mass is 309 g/mol. The van der Waals surface area contributed by atoms with Crippen molar-refractivity contribution in [3.63, 3.8) is 0 Å². The summed E-state index contributed by atoms with van der Waals surface area (Å²) in [5.74, 6) is 0.0352. The summed E-state index contributed by atoms with van der Waals surface area (Å²) in [6, 6.07) is 19.6. The van der Waals surface area contributed by atoms with E-state index in [0.29, 0.717) is 5.56 Å². The zero-order chi connectivity index (χ0) is 16.5. The van der Waals surface area contributed by atoms with Crippen LogP contribution in [0.5, 0.6) is 0 Å². The van der Waals surface area contributed by atoms with Gasteiger partial charge < -0.3 is 0 Å². The molecule has 1 aliphatic rings. The minimum Gasteiger partial charge on any atom is -0.289 e. The van der Waals surface area contributed by atoms with Crippen LogP contribution in [0, 0.1) is 11.3 Å². The molecule has 114 valence electrons. The number of hydrogen-bond acceptors (Lipinski definition) is 2. The molecule has 0 atom stereocenters. The molecule has 0 aliphatic heterocycles. The molecule has 4 rings (SSSR count). The van der Waals surface area contributed by atoms with Crippen molar-refractivity contribution in [2.24, 2.45) is 0 Å². The SMILES string of the molecule is N#Cc1ccc(C=CC(=O)c2ccc3cccc4c3c2CC4)cc1. The number of allylic oxidation sites excluding steroid dienone is 1. The second-order valence-corrected chi connectivity index (χ2v) is 6.04. The second kappa shape index (κ2) is 5.79. The average Bonchev–Trinajstić information content (AvgIpc) is 3.06. The minimum absolute atomic E-state index is 0.0352. The Labute approximate surface area is 140 Å². The third kappa shape index (κ3) is 2.41. The lowest BCUT2D eigenvalue weighted by Crippen LogP contribution is -1.99. The van der Waals surface area contributed by atoms with E-state index in [0.717, 1.165) is 24.0 Å². The third-order valence-corrected chi connectivity index (χ3v) is 4.62. The van der Waals surface area contributed by atoms with Crippen LogP contribution in [0.15, 0.2) is 60.7 Å². The molecular weight excluding hydrogens is 294 g/mol. The first kappa shape index (κ1) is 14.4. The molecule has 3 aromatic rings. The molecule has 3 aromatic carbocycles. The fraction of sp³-hybridized carbons (Fsp3) is 0.0909. The second-order valence-electron chi connectivity index (χ2n) is 6.04. The maximum absolute atomic E-state index is 12.6. The van der Waals surface area contributed by atoms with Crippen molar-refractivity contribution in [3.8, 4) is 6.07 Å². The van der Waals surface area contributed by atoms with E-state index >= 15 is 0 Å². The van der Waals surface area contributed by atoms with E-state index in [2.05, 4.69) is 24.3 Å². The average molecular weight is 309 g/mol. The van der Waals surface area contributed by atoms with Gasteiger partial charge in [-0.2, -0.15) is 5.26 Å². The van der Waals surface area contributed by atoms with Crippen LogP contribution in [-0.2, 0) is 12.8 Å². The first-order valence-electron chi connectivity index (χ1n) is 8.02. The summed E-state index contributed by atoms with van der Waals surface area (Å²) in [6.45, 7) is 0. The number of nitriles is 1. The lowest BCUT2D eigenvalue weighted by atomic mass is 9.97. The van der Waals surface area contributed by atoms with E-state index in [1.54, 1.807) is 24.3 Å². The van der Waals surface area contributed by atoms with Crippen molar-refractivity contribution >= 4 is 22.6 Å². The topological polar surface area (TPSA) is 40.9 Å². The number of benzene rings is 3. The Morgan fingerprint density at radius 1 is 1.00 bits per heavy atom. The lowest BCUT2D eigenvalue weighted by Gasteiger charge is -2.06. The van der Waals surface area contributed by atoms with E-state index in [1.165, 1.54) is 21.9 Å². The smallest absolute Gasteiger partial charge is 0.186 e. The van der Waals surface area contributed by atoms with Crippen LogP contribution in [0.4, 0.5) is 0 Å². The maximum Gasteiger partial charge on any atom is 0.186 e. The van der Waals surface area contributed by atoms with Gasteiger partial charge >= 0.3 is 0 Å². The van der Waals surface area contributed by atoms with Crippen LogP contribution in [-0.4, -0.2) is 5.78 Å². The van der Waals surface area contributed by atoms with Gasteiger partial charge in [-0.1, -0.05) is 48.5 Å². The molecule has 24 heavy (non-hydrogen) atoms. The summed E-state index contributed by atoms with van der Waals surface area (Å²) >= 11 is 0. The van der Waals surface area contributed by atoms with E-state index < -0.39 is 0 Å². The minimum atomic E-state index is 0.0352. The first-order valence-corrected chi connectivity index (χ1v) is 8.02. The van der Waals surface area contributed by atoms with Gasteiger partial charge in [0.15, 0.2) is 5.78 Å². The summed E-state index contributed by atoms with van der Waals surface area (Å²) in [5.41, 5.74) is 4.86. The molecule has 0 amide bonds. The standard InChI is InChI=1S/C22H15NO/c23-14-16-6-4-15(5-7-16)8-13-21(24)19-11-9-17-2-1-3-18-10-12-20(19)22(17)18/h1-9,11,13H,10,12H2. The Morgan fingerprint density at radius 2 is 1.83 bits per heavy atom. The molecule has 0 fully saturated rings. The molecule has 0 saturated heterocycles. The molecule has 0 bridgehead atoms. The molecule has 0 saturated carbocycles. The molecule has 0 N–H and O–H groups in total. The fourth-order valence-electron chi connectivity index (χ4n) is 3.42. The molecular formula is C22H15NO. The molecule has 0 radical (unpaired) electrons. The number of carbonyl (C=O) groups excluding carboxylic acids is 1. The van der Waals surface area contributed by atoms with Gasteiger partial charge in [0.2, 0.25) is 0 Å². The Morgan fingerprint density at radius 3 is 2.62 bits per heavy atom. The summed E-state index contributed by atoms with van der Waals surface area (Å²) in [5, 5.41) is 11.3. The molecule has 0 unspecified atom stereocenters. The third-order valence-electron chi connectivity index (χ3n) is 4.62. The Kier molecular flexibility index (Phi) is 3.48. The van der Waals surface area contributed by atoms with Crippen LogP contribution in [0.1, 0.15) is 32.6 Å². The Bertz CT molecular complexity index is 1020. The van der Waals surface area contributed by atoms with E-state index in [1.807, 2.05) is 24.3 Å². The van der Waals surface area contributed by atoms with Gasteiger partial charge in [0.25, 0.3) is 0 Å². The normalized spacial score (nSPS) is 12.6. The number of nitrogens with zero attached hydrogens (tertiary/aromatic N) is 1. The summed E-state index contributed by atoms with van der Waals surface area (Å²) < 4.78 is 0. The molecule has 1 aliphatic carbocycles. The lowest BCUT2D eigenvalue weighted by molar-refractivity contribution is 0.104. The Hall–Kier alpha value is -3.18. The highest BCUT2D eigenvalue weighted by molar-refractivity contribution is 6.11. The largest absolute Gasteiger partial charge is 0.289 e. The summed E-state index contributed by atoms with van der Waals surface area (Å²) in [4.78, 5) is 12.6. The predicted molar refractivity (Wildman–Crippen MR) is 95.9 cm³/mol. The molecule has 2 heteroatoms. The van der Waals surface area contributed by atoms with Crippen LogP contribution in [0.2, 0.25) is 0 Å².